The maximum atomic E-state index is 13.0. The monoisotopic (exact) mass is 382 g/mol. The Labute approximate surface area is 161 Å². The number of carbonyl (C=O) groups excluding carboxylic acids is 2. The number of amides is 2. The molecule has 0 saturated carbocycles. The van der Waals surface area contributed by atoms with Crippen molar-refractivity contribution in [1.29, 1.82) is 0 Å². The first-order valence-electron chi connectivity index (χ1n) is 8.64. The van der Waals surface area contributed by atoms with Crippen LogP contribution < -0.4 is 20.3 Å². The molecule has 2 amide bonds. The lowest BCUT2D eigenvalue weighted by Gasteiger charge is -2.15. The molecule has 0 aliphatic rings. The first-order valence-corrected chi connectivity index (χ1v) is 8.64. The Morgan fingerprint density at radius 1 is 0.929 bits per heavy atom. The van der Waals surface area contributed by atoms with Gasteiger partial charge in [0.05, 0.1) is 0 Å². The van der Waals surface area contributed by atoms with Gasteiger partial charge in [-0.25, -0.2) is 4.39 Å². The Balaban J connectivity index is 1.46. The second-order valence-corrected chi connectivity index (χ2v) is 6.05. The van der Waals surface area contributed by atoms with Crippen molar-refractivity contribution in [2.75, 3.05) is 6.61 Å². The SMILES string of the molecule is C[C@@H](Oc1ccc2ccccc2c1)C(=O)NNC(=O)COc1cccc(F)c1. The Hall–Kier alpha value is -3.61. The maximum Gasteiger partial charge on any atom is 0.279 e. The molecule has 2 N–H and O–H groups in total. The average molecular weight is 382 g/mol. The second-order valence-electron chi connectivity index (χ2n) is 6.05. The molecule has 0 aliphatic carbocycles. The van der Waals surface area contributed by atoms with E-state index < -0.39 is 23.7 Å². The van der Waals surface area contributed by atoms with Gasteiger partial charge in [-0.3, -0.25) is 20.4 Å². The molecule has 0 bridgehead atoms. The predicted molar refractivity (Wildman–Crippen MR) is 102 cm³/mol. The predicted octanol–water partition coefficient (Wildman–Crippen LogP) is 2.97. The molecule has 0 aliphatic heterocycles. The molecule has 28 heavy (non-hydrogen) atoms. The Morgan fingerprint density at radius 3 is 2.50 bits per heavy atom. The average Bonchev–Trinajstić information content (AvgIpc) is 2.70. The highest BCUT2D eigenvalue weighted by molar-refractivity contribution is 5.86. The number of benzene rings is 3. The van der Waals surface area contributed by atoms with Gasteiger partial charge in [0.15, 0.2) is 12.7 Å². The Bertz CT molecular complexity index is 993. The van der Waals surface area contributed by atoms with Gasteiger partial charge in [0, 0.05) is 6.07 Å². The zero-order chi connectivity index (χ0) is 19.9. The fraction of sp³-hybridized carbons (Fsp3) is 0.143. The van der Waals surface area contributed by atoms with Crippen molar-refractivity contribution in [2.45, 2.75) is 13.0 Å². The molecule has 0 radical (unpaired) electrons. The standard InChI is InChI=1S/C21H19FN2O4/c1-14(28-19-10-9-15-5-2-3-6-16(15)11-19)21(26)24-23-20(25)13-27-18-8-4-7-17(22)12-18/h2-12,14H,13H2,1H3,(H,23,25)(H,24,26)/t14-/m1/s1. The summed E-state index contributed by atoms with van der Waals surface area (Å²) in [6, 6.07) is 18.7. The summed E-state index contributed by atoms with van der Waals surface area (Å²) < 4.78 is 23.8. The van der Waals surface area contributed by atoms with Crippen LogP contribution in [0.15, 0.2) is 66.7 Å². The lowest BCUT2D eigenvalue weighted by molar-refractivity contribution is -0.133. The van der Waals surface area contributed by atoms with Gasteiger partial charge in [-0.2, -0.15) is 0 Å². The highest BCUT2D eigenvalue weighted by Gasteiger charge is 2.16. The van der Waals surface area contributed by atoms with Gasteiger partial charge in [-0.05, 0) is 42.0 Å². The molecule has 1 atom stereocenters. The molecule has 3 aromatic carbocycles. The number of carbonyl (C=O) groups is 2. The van der Waals surface area contributed by atoms with Crippen LogP contribution in [0.25, 0.3) is 10.8 Å². The van der Waals surface area contributed by atoms with Crippen molar-refractivity contribution in [2.24, 2.45) is 0 Å². The van der Waals surface area contributed by atoms with Gasteiger partial charge in [0.2, 0.25) is 0 Å². The summed E-state index contributed by atoms with van der Waals surface area (Å²) in [6.45, 7) is 1.20. The molecule has 6 nitrogen and oxygen atoms in total. The van der Waals surface area contributed by atoms with Crippen molar-refractivity contribution in [3.8, 4) is 11.5 Å². The molecule has 0 aromatic heterocycles. The second kappa shape index (κ2) is 8.85. The third kappa shape index (κ3) is 5.20. The van der Waals surface area contributed by atoms with E-state index in [-0.39, 0.29) is 12.4 Å². The van der Waals surface area contributed by atoms with Crippen LogP contribution in [0.3, 0.4) is 0 Å². The highest BCUT2D eigenvalue weighted by Crippen LogP contribution is 2.21. The minimum Gasteiger partial charge on any atom is -0.484 e. The number of hydrogen-bond acceptors (Lipinski definition) is 4. The largest absolute Gasteiger partial charge is 0.484 e. The number of hydrazine groups is 1. The number of hydrogen-bond donors (Lipinski definition) is 2. The quantitative estimate of drug-likeness (QED) is 0.643. The van der Waals surface area contributed by atoms with Crippen molar-refractivity contribution in [3.05, 3.63) is 72.5 Å². The van der Waals surface area contributed by atoms with Gasteiger partial charge in [0.25, 0.3) is 11.8 Å². The molecular formula is C21H19FN2O4. The first-order chi connectivity index (χ1) is 13.5. The van der Waals surface area contributed by atoms with Gasteiger partial charge in [0.1, 0.15) is 17.3 Å². The third-order valence-electron chi connectivity index (χ3n) is 3.89. The van der Waals surface area contributed by atoms with Crippen molar-refractivity contribution in [1.82, 2.24) is 10.9 Å². The summed E-state index contributed by atoms with van der Waals surface area (Å²) in [4.78, 5) is 23.8. The van der Waals surface area contributed by atoms with Crippen molar-refractivity contribution < 1.29 is 23.5 Å². The van der Waals surface area contributed by atoms with Crippen molar-refractivity contribution >= 4 is 22.6 Å². The van der Waals surface area contributed by atoms with Gasteiger partial charge < -0.3 is 9.47 Å². The third-order valence-corrected chi connectivity index (χ3v) is 3.89. The number of halogens is 1. The lowest BCUT2D eigenvalue weighted by Crippen LogP contribution is -2.48. The van der Waals surface area contributed by atoms with E-state index in [9.17, 15) is 14.0 Å². The minimum absolute atomic E-state index is 0.217. The van der Waals surface area contributed by atoms with Crippen LogP contribution in [0, 0.1) is 5.82 Å². The van der Waals surface area contributed by atoms with Crippen molar-refractivity contribution in [3.63, 3.8) is 0 Å². The number of ether oxygens (including phenoxy) is 2. The van der Waals surface area contributed by atoms with Gasteiger partial charge in [-0.1, -0.05) is 36.4 Å². The van der Waals surface area contributed by atoms with E-state index in [0.717, 1.165) is 16.8 Å². The van der Waals surface area contributed by atoms with Crippen LogP contribution in [0.1, 0.15) is 6.92 Å². The lowest BCUT2D eigenvalue weighted by atomic mass is 10.1. The van der Waals surface area contributed by atoms with Crippen LogP contribution in [-0.4, -0.2) is 24.5 Å². The smallest absolute Gasteiger partial charge is 0.279 e. The van der Waals surface area contributed by atoms with E-state index in [2.05, 4.69) is 10.9 Å². The normalized spacial score (nSPS) is 11.5. The van der Waals surface area contributed by atoms with Gasteiger partial charge in [-0.15, -0.1) is 0 Å². The summed E-state index contributed by atoms with van der Waals surface area (Å²) >= 11 is 0. The Morgan fingerprint density at radius 2 is 1.71 bits per heavy atom. The molecule has 0 heterocycles. The minimum atomic E-state index is -0.828. The van der Waals surface area contributed by atoms with Crippen LogP contribution >= 0.6 is 0 Å². The van der Waals surface area contributed by atoms with E-state index in [0.29, 0.717) is 5.75 Å². The fourth-order valence-corrected chi connectivity index (χ4v) is 2.47. The van der Waals surface area contributed by atoms with Crippen LogP contribution in [0.5, 0.6) is 11.5 Å². The van der Waals surface area contributed by atoms with E-state index in [1.165, 1.54) is 18.2 Å². The molecule has 3 aromatic rings. The van der Waals surface area contributed by atoms with E-state index >= 15 is 0 Å². The molecule has 0 fully saturated rings. The number of fused-ring (bicyclic) bond motifs is 1. The summed E-state index contributed by atoms with van der Waals surface area (Å²) in [5.74, 6) is -0.815. The van der Waals surface area contributed by atoms with Crippen LogP contribution in [-0.2, 0) is 9.59 Å². The molecule has 0 unspecified atom stereocenters. The summed E-state index contributed by atoms with van der Waals surface area (Å²) in [5.41, 5.74) is 4.50. The molecule has 144 valence electrons. The zero-order valence-electron chi connectivity index (χ0n) is 15.1. The highest BCUT2D eigenvalue weighted by atomic mass is 19.1. The summed E-state index contributed by atoms with van der Waals surface area (Å²) in [7, 11) is 0. The molecule has 3 rings (SSSR count). The number of rotatable bonds is 6. The zero-order valence-corrected chi connectivity index (χ0v) is 15.1. The summed E-state index contributed by atoms with van der Waals surface area (Å²) in [6.07, 6.45) is -0.828. The van der Waals surface area contributed by atoms with E-state index in [1.54, 1.807) is 13.0 Å². The molecule has 0 saturated heterocycles. The maximum absolute atomic E-state index is 13.0. The van der Waals surface area contributed by atoms with Crippen LogP contribution in [0.2, 0.25) is 0 Å². The van der Waals surface area contributed by atoms with Gasteiger partial charge >= 0.3 is 0 Å². The molecule has 7 heteroatoms. The summed E-state index contributed by atoms with van der Waals surface area (Å²) in [5, 5.41) is 2.06. The fourth-order valence-electron chi connectivity index (χ4n) is 2.47. The van der Waals surface area contributed by atoms with E-state index in [4.69, 9.17) is 9.47 Å². The first kappa shape index (κ1) is 19.2. The van der Waals surface area contributed by atoms with E-state index in [1.807, 2.05) is 36.4 Å². The Kier molecular flexibility index (Phi) is 6.06. The number of nitrogens with one attached hydrogen (secondary N) is 2. The molecule has 0 spiro atoms. The van der Waals surface area contributed by atoms with Crippen LogP contribution in [0.4, 0.5) is 4.39 Å². The topological polar surface area (TPSA) is 76.7 Å². The molecular weight excluding hydrogens is 363 g/mol.